The number of ether oxygens (including phenoxy) is 2. The minimum Gasteiger partial charge on any atom is -0.496 e. The molecule has 2 aromatic carbocycles. The summed E-state index contributed by atoms with van der Waals surface area (Å²) in [6.45, 7) is 0.859. The van der Waals surface area contributed by atoms with Gasteiger partial charge in [0.05, 0.1) is 31.1 Å². The maximum Gasteiger partial charge on any atom is 0.254 e. The largest absolute Gasteiger partial charge is 0.496 e. The summed E-state index contributed by atoms with van der Waals surface area (Å²) in [4.78, 5) is 41.3. The van der Waals surface area contributed by atoms with E-state index in [1.54, 1.807) is 23.1 Å². The lowest BCUT2D eigenvalue weighted by Crippen LogP contribution is -2.39. The number of ketones is 2. The van der Waals surface area contributed by atoms with E-state index in [9.17, 15) is 22.8 Å². The molecule has 1 fully saturated rings. The third kappa shape index (κ3) is 3.77. The molecule has 0 unspecified atom stereocenters. The van der Waals surface area contributed by atoms with Crippen LogP contribution in [0.15, 0.2) is 30.3 Å². The summed E-state index contributed by atoms with van der Waals surface area (Å²) in [6, 6.07) is 7.75. The molecule has 4 rings (SSSR count). The smallest absolute Gasteiger partial charge is 0.254 e. The van der Waals surface area contributed by atoms with Crippen LogP contribution < -0.4 is 9.47 Å². The van der Waals surface area contributed by atoms with Crippen molar-refractivity contribution in [2.24, 2.45) is 5.92 Å². The number of thiol groups is 1. The minimum atomic E-state index is -2.44. The van der Waals surface area contributed by atoms with Gasteiger partial charge in [-0.15, -0.1) is 0 Å². The van der Waals surface area contributed by atoms with Crippen LogP contribution in [-0.4, -0.2) is 63.9 Å². The van der Waals surface area contributed by atoms with Crippen LogP contribution in [0, 0.1) is 5.92 Å². The Morgan fingerprint density at radius 3 is 2.25 bits per heavy atom. The number of fused-ring (bicyclic) bond motifs is 2. The van der Waals surface area contributed by atoms with Crippen LogP contribution in [0.25, 0.3) is 0 Å². The molecule has 32 heavy (non-hydrogen) atoms. The van der Waals surface area contributed by atoms with Crippen molar-refractivity contribution in [2.45, 2.75) is 12.8 Å². The first-order valence-electron chi connectivity index (χ1n) is 10.2. The summed E-state index contributed by atoms with van der Waals surface area (Å²) in [5.74, 6) is -0.425. The fourth-order valence-electron chi connectivity index (χ4n) is 4.42. The summed E-state index contributed by atoms with van der Waals surface area (Å²) in [6.07, 6.45) is 1.20. The SMILES string of the molecule is COc1cccc2c1C(=O)c1c(OC)cc(C(=O)N3CCC(C[SH](=O)=O)CC3)cc1C2=O. The van der Waals surface area contributed by atoms with Gasteiger partial charge in [0.1, 0.15) is 22.2 Å². The molecule has 2 aromatic rings. The molecule has 0 N–H and O–H groups in total. The number of likely N-dealkylation sites (tertiary alicyclic amines) is 1. The van der Waals surface area contributed by atoms with Gasteiger partial charge < -0.3 is 14.4 Å². The molecule has 1 aliphatic heterocycles. The van der Waals surface area contributed by atoms with Crippen molar-refractivity contribution in [1.29, 1.82) is 0 Å². The number of amides is 1. The Morgan fingerprint density at radius 1 is 0.969 bits per heavy atom. The molecule has 0 spiro atoms. The number of nitrogens with zero attached hydrogens (tertiary/aromatic N) is 1. The second-order valence-corrected chi connectivity index (χ2v) is 8.92. The van der Waals surface area contributed by atoms with Gasteiger partial charge >= 0.3 is 0 Å². The maximum atomic E-state index is 13.3. The maximum absolute atomic E-state index is 13.3. The summed E-state index contributed by atoms with van der Waals surface area (Å²) in [7, 11) is 0.373. The number of methoxy groups -OCH3 is 2. The number of benzene rings is 2. The topological polar surface area (TPSA) is 107 Å². The van der Waals surface area contributed by atoms with Crippen molar-refractivity contribution >= 4 is 28.2 Å². The van der Waals surface area contributed by atoms with Crippen LogP contribution in [0.2, 0.25) is 0 Å². The summed E-state index contributed by atoms with van der Waals surface area (Å²) in [5.41, 5.74) is 0.895. The Labute approximate surface area is 187 Å². The molecule has 2 aliphatic rings. The van der Waals surface area contributed by atoms with E-state index in [4.69, 9.17) is 9.47 Å². The third-order valence-electron chi connectivity index (χ3n) is 6.07. The van der Waals surface area contributed by atoms with Gasteiger partial charge in [-0.2, -0.15) is 0 Å². The minimum absolute atomic E-state index is 0.0453. The summed E-state index contributed by atoms with van der Waals surface area (Å²) < 4.78 is 32.6. The van der Waals surface area contributed by atoms with Crippen molar-refractivity contribution in [3.05, 3.63) is 58.1 Å². The molecule has 1 heterocycles. The van der Waals surface area contributed by atoms with Crippen molar-refractivity contribution in [3.8, 4) is 11.5 Å². The van der Waals surface area contributed by atoms with Gasteiger partial charge in [0.25, 0.3) is 5.91 Å². The van der Waals surface area contributed by atoms with Crippen molar-refractivity contribution in [1.82, 2.24) is 4.90 Å². The lowest BCUT2D eigenvalue weighted by atomic mass is 9.82. The number of hydrogen-bond donors (Lipinski definition) is 1. The number of rotatable bonds is 5. The molecule has 8 nitrogen and oxygen atoms in total. The van der Waals surface area contributed by atoms with E-state index in [-0.39, 0.29) is 56.9 Å². The van der Waals surface area contributed by atoms with Crippen LogP contribution in [0.5, 0.6) is 11.5 Å². The highest BCUT2D eigenvalue weighted by molar-refractivity contribution is 7.72. The van der Waals surface area contributed by atoms with E-state index in [1.165, 1.54) is 26.4 Å². The van der Waals surface area contributed by atoms with Crippen LogP contribution in [0.4, 0.5) is 0 Å². The molecule has 0 atom stereocenters. The summed E-state index contributed by atoms with van der Waals surface area (Å²) in [5, 5.41) is 0. The molecule has 168 valence electrons. The van der Waals surface area contributed by atoms with Crippen LogP contribution in [0.3, 0.4) is 0 Å². The Hall–Kier alpha value is -3.20. The molecule has 0 bridgehead atoms. The highest BCUT2D eigenvalue weighted by Gasteiger charge is 2.36. The number of carbonyl (C=O) groups is 3. The van der Waals surface area contributed by atoms with Gasteiger partial charge in [-0.3, -0.25) is 14.4 Å². The lowest BCUT2D eigenvalue weighted by Gasteiger charge is -2.31. The average Bonchev–Trinajstić information content (AvgIpc) is 2.80. The van der Waals surface area contributed by atoms with E-state index in [0.717, 1.165) is 0 Å². The van der Waals surface area contributed by atoms with Crippen LogP contribution in [0.1, 0.15) is 55.0 Å². The molecular formula is C23H23NO7S. The van der Waals surface area contributed by atoms with Gasteiger partial charge in [0, 0.05) is 29.8 Å². The van der Waals surface area contributed by atoms with Crippen LogP contribution >= 0.6 is 0 Å². The zero-order valence-electron chi connectivity index (χ0n) is 17.8. The molecule has 9 heteroatoms. The summed E-state index contributed by atoms with van der Waals surface area (Å²) >= 11 is 0. The predicted octanol–water partition coefficient (Wildman–Crippen LogP) is 1.94. The Kier molecular flexibility index (Phi) is 6.01. The molecule has 0 radical (unpaired) electrons. The van der Waals surface area contributed by atoms with Gasteiger partial charge in [0.2, 0.25) is 5.78 Å². The molecule has 1 amide bonds. The second-order valence-electron chi connectivity index (χ2n) is 7.89. The fraction of sp³-hybridized carbons (Fsp3) is 0.348. The first-order chi connectivity index (χ1) is 15.3. The van der Waals surface area contributed by atoms with Gasteiger partial charge in [0.15, 0.2) is 5.78 Å². The van der Waals surface area contributed by atoms with Crippen molar-refractivity contribution in [3.63, 3.8) is 0 Å². The predicted molar refractivity (Wildman–Crippen MR) is 117 cm³/mol. The van der Waals surface area contributed by atoms with E-state index >= 15 is 0 Å². The van der Waals surface area contributed by atoms with E-state index in [1.807, 2.05) is 0 Å². The normalized spacial score (nSPS) is 16.0. The first-order valence-corrected chi connectivity index (χ1v) is 11.6. The highest BCUT2D eigenvalue weighted by atomic mass is 32.2. The molecule has 0 saturated carbocycles. The molecule has 1 saturated heterocycles. The molecule has 1 aliphatic carbocycles. The van der Waals surface area contributed by atoms with Gasteiger partial charge in [-0.25, -0.2) is 8.42 Å². The monoisotopic (exact) mass is 457 g/mol. The zero-order valence-corrected chi connectivity index (χ0v) is 18.6. The first kappa shape index (κ1) is 22.0. The molecular weight excluding hydrogens is 434 g/mol. The van der Waals surface area contributed by atoms with E-state index in [0.29, 0.717) is 31.7 Å². The average molecular weight is 458 g/mol. The van der Waals surface area contributed by atoms with E-state index < -0.39 is 16.5 Å². The molecule has 0 aromatic heterocycles. The third-order valence-corrected chi connectivity index (χ3v) is 6.88. The van der Waals surface area contributed by atoms with Gasteiger partial charge in [-0.1, -0.05) is 12.1 Å². The van der Waals surface area contributed by atoms with Crippen LogP contribution in [-0.2, 0) is 10.7 Å². The lowest BCUT2D eigenvalue weighted by molar-refractivity contribution is 0.0697. The number of carbonyl (C=O) groups excluding carboxylic acids is 3. The zero-order chi connectivity index (χ0) is 23.0. The van der Waals surface area contributed by atoms with Crippen molar-refractivity contribution in [2.75, 3.05) is 33.1 Å². The quantitative estimate of drug-likeness (QED) is 0.584. The number of piperidine rings is 1. The standard InChI is InChI=1S/C23H23NO7S/c1-30-17-5-3-4-15-19(17)22(26)20-16(21(15)25)10-14(11-18(20)31-2)23(27)24-8-6-13(7-9-24)12-32(28)29/h3-5,10-11,13,32H,6-9,12H2,1-2H3. The highest BCUT2D eigenvalue weighted by Crippen LogP contribution is 2.38. The Balaban J connectivity index is 1.69. The number of hydrogen-bond acceptors (Lipinski definition) is 7. The second kappa shape index (κ2) is 8.74. The Bertz CT molecular complexity index is 1190. The van der Waals surface area contributed by atoms with E-state index in [2.05, 4.69) is 0 Å². The fourth-order valence-corrected chi connectivity index (χ4v) is 5.21. The van der Waals surface area contributed by atoms with Gasteiger partial charge in [-0.05, 0) is 37.0 Å². The van der Waals surface area contributed by atoms with Crippen molar-refractivity contribution < 1.29 is 32.3 Å². The Morgan fingerprint density at radius 2 is 1.62 bits per heavy atom.